The molecular weight excluding hydrogens is 314 g/mol. The van der Waals surface area contributed by atoms with Gasteiger partial charge in [0.1, 0.15) is 5.82 Å². The Kier molecular flexibility index (Phi) is 4.18. The van der Waals surface area contributed by atoms with E-state index in [4.69, 9.17) is 5.14 Å². The molecule has 0 aliphatic rings. The van der Waals surface area contributed by atoms with Crippen molar-refractivity contribution in [1.82, 2.24) is 19.1 Å². The average Bonchev–Trinajstić information content (AvgIpc) is 3.11. The van der Waals surface area contributed by atoms with Crippen molar-refractivity contribution in [2.45, 2.75) is 37.8 Å². The molecule has 0 bridgehead atoms. The summed E-state index contributed by atoms with van der Waals surface area (Å²) in [5.41, 5.74) is 1.56. The first-order valence-electron chi connectivity index (χ1n) is 7.46. The fraction of sp³-hybridized carbons (Fsp3) is 0.333. The molecule has 122 valence electrons. The Hall–Kier alpha value is -2.19. The van der Waals surface area contributed by atoms with E-state index in [-0.39, 0.29) is 4.90 Å². The molecule has 3 aromatic rings. The van der Waals surface area contributed by atoms with Crippen LogP contribution in [0.15, 0.2) is 41.8 Å². The van der Waals surface area contributed by atoms with Crippen LogP contribution in [0, 0.1) is 0 Å². The van der Waals surface area contributed by atoms with Crippen molar-refractivity contribution < 1.29 is 8.42 Å². The minimum Gasteiger partial charge on any atom is -0.330 e. The number of sulfonamides is 1. The molecule has 1 aromatic carbocycles. The first-order chi connectivity index (χ1) is 11.0. The summed E-state index contributed by atoms with van der Waals surface area (Å²) in [6.07, 6.45) is 7.43. The lowest BCUT2D eigenvalue weighted by molar-refractivity contribution is 0.597. The van der Waals surface area contributed by atoms with E-state index in [9.17, 15) is 8.42 Å². The van der Waals surface area contributed by atoms with E-state index in [1.165, 1.54) is 12.1 Å². The molecule has 0 aliphatic heterocycles. The number of aromatic nitrogens is 4. The van der Waals surface area contributed by atoms with E-state index in [1.807, 2.05) is 10.8 Å². The zero-order valence-electron chi connectivity index (χ0n) is 12.9. The molecule has 23 heavy (non-hydrogen) atoms. The van der Waals surface area contributed by atoms with E-state index in [2.05, 4.69) is 21.5 Å². The Balaban J connectivity index is 2.09. The molecule has 3 rings (SSSR count). The predicted molar refractivity (Wildman–Crippen MR) is 87.3 cm³/mol. The third-order valence-electron chi connectivity index (χ3n) is 3.75. The van der Waals surface area contributed by atoms with Gasteiger partial charge < -0.3 is 9.13 Å². The van der Waals surface area contributed by atoms with Gasteiger partial charge in [0.2, 0.25) is 10.0 Å². The summed E-state index contributed by atoms with van der Waals surface area (Å²) < 4.78 is 27.1. The molecule has 0 unspecified atom stereocenters. The van der Waals surface area contributed by atoms with Gasteiger partial charge in [0.15, 0.2) is 0 Å². The van der Waals surface area contributed by atoms with Gasteiger partial charge in [-0.05, 0) is 24.6 Å². The van der Waals surface area contributed by atoms with Crippen molar-refractivity contribution in [2.24, 2.45) is 5.14 Å². The van der Waals surface area contributed by atoms with Crippen LogP contribution in [0.5, 0.6) is 0 Å². The zero-order valence-corrected chi connectivity index (χ0v) is 13.7. The summed E-state index contributed by atoms with van der Waals surface area (Å²) in [7, 11) is -3.73. The molecular formula is C15H19N5O2S. The zero-order chi connectivity index (χ0) is 16.4. The summed E-state index contributed by atoms with van der Waals surface area (Å²) in [5, 5.41) is 5.21. The number of nitrogens with zero attached hydrogens (tertiary/aromatic N) is 4. The third kappa shape index (κ3) is 3.27. The molecule has 0 fully saturated rings. The molecule has 0 amide bonds. The van der Waals surface area contributed by atoms with E-state index in [0.29, 0.717) is 12.1 Å². The molecule has 0 radical (unpaired) electrons. The summed E-state index contributed by atoms with van der Waals surface area (Å²) in [6.45, 7) is 3.56. The quantitative estimate of drug-likeness (QED) is 0.743. The highest BCUT2D eigenvalue weighted by molar-refractivity contribution is 7.89. The molecule has 8 heteroatoms. The van der Waals surface area contributed by atoms with Crippen LogP contribution < -0.4 is 5.14 Å². The van der Waals surface area contributed by atoms with Crippen LogP contribution in [-0.4, -0.2) is 27.5 Å². The number of nitrogens with two attached hydrogens (primary N) is 1. The lowest BCUT2D eigenvalue weighted by atomic mass is 10.3. The Morgan fingerprint density at radius 2 is 2.13 bits per heavy atom. The number of rotatable bonds is 6. The van der Waals surface area contributed by atoms with Gasteiger partial charge in [0.25, 0.3) is 0 Å². The number of aryl methyl sites for hydroxylation is 1. The topological polar surface area (TPSA) is 95.8 Å². The van der Waals surface area contributed by atoms with Crippen molar-refractivity contribution in [3.8, 4) is 0 Å². The Bertz CT molecular complexity index is 913. The minimum atomic E-state index is -3.73. The molecule has 2 heterocycles. The van der Waals surface area contributed by atoms with Crippen LogP contribution in [0.4, 0.5) is 0 Å². The van der Waals surface area contributed by atoms with E-state index < -0.39 is 10.0 Å². The highest BCUT2D eigenvalue weighted by atomic mass is 32.2. The molecule has 7 nitrogen and oxygen atoms in total. The normalized spacial score (nSPS) is 12.1. The fourth-order valence-corrected chi connectivity index (χ4v) is 3.10. The second-order valence-corrected chi connectivity index (χ2v) is 7.03. The fourth-order valence-electron chi connectivity index (χ4n) is 2.57. The van der Waals surface area contributed by atoms with Crippen molar-refractivity contribution in [2.75, 3.05) is 0 Å². The van der Waals surface area contributed by atoms with Crippen LogP contribution in [0.3, 0.4) is 0 Å². The molecule has 0 spiro atoms. The van der Waals surface area contributed by atoms with Gasteiger partial charge in [-0.15, -0.1) is 0 Å². The van der Waals surface area contributed by atoms with E-state index in [1.54, 1.807) is 18.6 Å². The predicted octanol–water partition coefficient (Wildman–Crippen LogP) is 1.73. The summed E-state index contributed by atoms with van der Waals surface area (Å²) in [4.78, 5) is 8.73. The van der Waals surface area contributed by atoms with Crippen LogP contribution in [0.25, 0.3) is 11.0 Å². The smallest absolute Gasteiger partial charge is 0.238 e. The Labute approximate surface area is 134 Å². The summed E-state index contributed by atoms with van der Waals surface area (Å²) >= 11 is 0. The number of primary sulfonamides is 1. The van der Waals surface area contributed by atoms with Crippen LogP contribution in [0.2, 0.25) is 0 Å². The second kappa shape index (κ2) is 6.13. The Morgan fingerprint density at radius 3 is 2.78 bits per heavy atom. The lowest BCUT2D eigenvalue weighted by Gasteiger charge is -2.09. The molecule has 0 saturated carbocycles. The van der Waals surface area contributed by atoms with Gasteiger partial charge in [0.05, 0.1) is 28.8 Å². The molecule has 0 atom stereocenters. The SMILES string of the molecule is CCCCn1c(Cn2ccnc2)nc2cc(S(N)(=O)=O)ccc21. The first-order valence-corrected chi connectivity index (χ1v) is 9.01. The minimum absolute atomic E-state index is 0.0827. The number of hydrogen-bond acceptors (Lipinski definition) is 4. The molecule has 2 N–H and O–H groups in total. The Morgan fingerprint density at radius 1 is 1.30 bits per heavy atom. The number of fused-ring (bicyclic) bond motifs is 1. The highest BCUT2D eigenvalue weighted by Crippen LogP contribution is 2.21. The van der Waals surface area contributed by atoms with Crippen molar-refractivity contribution in [3.63, 3.8) is 0 Å². The summed E-state index contributed by atoms with van der Waals surface area (Å²) in [5.74, 6) is 0.873. The van der Waals surface area contributed by atoms with Gasteiger partial charge in [-0.2, -0.15) is 0 Å². The largest absolute Gasteiger partial charge is 0.330 e. The van der Waals surface area contributed by atoms with Crippen molar-refractivity contribution in [3.05, 3.63) is 42.7 Å². The number of imidazole rings is 2. The van der Waals surface area contributed by atoms with Gasteiger partial charge in [-0.1, -0.05) is 13.3 Å². The monoisotopic (exact) mass is 333 g/mol. The summed E-state index contributed by atoms with van der Waals surface area (Å²) in [6, 6.07) is 4.84. The third-order valence-corrected chi connectivity index (χ3v) is 4.66. The molecule has 0 aliphatic carbocycles. The van der Waals surface area contributed by atoms with Gasteiger partial charge >= 0.3 is 0 Å². The van der Waals surface area contributed by atoms with Gasteiger partial charge in [0, 0.05) is 18.9 Å². The second-order valence-electron chi connectivity index (χ2n) is 5.46. The molecule has 2 aromatic heterocycles. The lowest BCUT2D eigenvalue weighted by Crippen LogP contribution is -2.11. The van der Waals surface area contributed by atoms with Gasteiger partial charge in [-0.3, -0.25) is 0 Å². The number of benzene rings is 1. The van der Waals surface area contributed by atoms with E-state index >= 15 is 0 Å². The number of hydrogen-bond donors (Lipinski definition) is 1. The average molecular weight is 333 g/mol. The molecule has 0 saturated heterocycles. The van der Waals surface area contributed by atoms with Crippen LogP contribution in [0.1, 0.15) is 25.6 Å². The first kappa shape index (κ1) is 15.7. The van der Waals surface area contributed by atoms with Crippen molar-refractivity contribution >= 4 is 21.1 Å². The maximum atomic E-state index is 11.5. The van der Waals surface area contributed by atoms with Crippen molar-refractivity contribution in [1.29, 1.82) is 0 Å². The van der Waals surface area contributed by atoms with Crippen LogP contribution >= 0.6 is 0 Å². The maximum absolute atomic E-state index is 11.5. The maximum Gasteiger partial charge on any atom is 0.238 e. The standard InChI is InChI=1S/C15H19N5O2S/c1-2-3-7-20-14-5-4-12(23(16,21)22)9-13(14)18-15(20)10-19-8-6-17-11-19/h4-6,8-9,11H,2-3,7,10H2,1H3,(H2,16,21,22). The van der Waals surface area contributed by atoms with Gasteiger partial charge in [-0.25, -0.2) is 23.5 Å². The van der Waals surface area contributed by atoms with E-state index in [0.717, 1.165) is 30.7 Å². The highest BCUT2D eigenvalue weighted by Gasteiger charge is 2.14. The van der Waals surface area contributed by atoms with Crippen LogP contribution in [-0.2, 0) is 23.1 Å². The number of unbranched alkanes of at least 4 members (excludes halogenated alkanes) is 1.